The summed E-state index contributed by atoms with van der Waals surface area (Å²) in [5.41, 5.74) is 2.60. The first-order chi connectivity index (χ1) is 14.5. The van der Waals surface area contributed by atoms with Crippen LogP contribution in [0.25, 0.3) is 5.69 Å². The first-order valence-corrected chi connectivity index (χ1v) is 9.10. The average molecular weight is 422 g/mol. The molecular weight excluding hydrogens is 406 g/mol. The van der Waals surface area contributed by atoms with Crippen molar-refractivity contribution in [2.45, 2.75) is 6.92 Å². The predicted octanol–water partition coefficient (Wildman–Crippen LogP) is 2.84. The monoisotopic (exact) mass is 421 g/mol. The van der Waals surface area contributed by atoms with Crippen LogP contribution in [0.3, 0.4) is 0 Å². The van der Waals surface area contributed by atoms with Gasteiger partial charge >= 0.3 is 0 Å². The molecule has 0 saturated carbocycles. The van der Waals surface area contributed by atoms with E-state index in [1.807, 2.05) is 6.07 Å². The first kappa shape index (κ1) is 20.8. The van der Waals surface area contributed by atoms with Crippen LogP contribution in [0.15, 0.2) is 58.4 Å². The van der Waals surface area contributed by atoms with Crippen LogP contribution >= 0.6 is 11.6 Å². The van der Waals surface area contributed by atoms with Crippen molar-refractivity contribution in [2.75, 3.05) is 7.11 Å². The molecule has 150 valence electrons. The number of hydrazone groups is 1. The van der Waals surface area contributed by atoms with Gasteiger partial charge in [0.25, 0.3) is 11.5 Å². The van der Waals surface area contributed by atoms with Gasteiger partial charge in [-0.2, -0.15) is 20.1 Å². The molecule has 0 aliphatic heterocycles. The molecule has 30 heavy (non-hydrogen) atoms. The maximum absolute atomic E-state index is 12.7. The molecule has 0 atom stereocenters. The maximum Gasteiger partial charge on any atom is 0.292 e. The third kappa shape index (κ3) is 4.21. The number of carbonyl (C=O) groups excluding carboxylic acids is 1. The lowest BCUT2D eigenvalue weighted by Gasteiger charge is -2.11. The number of nitrogens with zero attached hydrogens (tertiary/aromatic N) is 4. The van der Waals surface area contributed by atoms with Crippen LogP contribution in [0.1, 0.15) is 27.2 Å². The largest absolute Gasteiger partial charge is 0.497 e. The van der Waals surface area contributed by atoms with Gasteiger partial charge in [0.05, 0.1) is 19.0 Å². The molecular formula is C21H16ClN5O3. The number of hydrogen-bond donors (Lipinski definition) is 1. The minimum atomic E-state index is -0.672. The van der Waals surface area contributed by atoms with E-state index in [4.69, 9.17) is 16.3 Å². The molecule has 0 aliphatic carbocycles. The van der Waals surface area contributed by atoms with E-state index in [0.29, 0.717) is 22.0 Å². The van der Waals surface area contributed by atoms with E-state index in [2.05, 4.69) is 15.6 Å². The van der Waals surface area contributed by atoms with Crippen molar-refractivity contribution in [1.82, 2.24) is 15.2 Å². The van der Waals surface area contributed by atoms with Gasteiger partial charge in [-0.05, 0) is 37.3 Å². The highest BCUT2D eigenvalue weighted by Crippen LogP contribution is 2.15. The maximum atomic E-state index is 12.7. The molecule has 0 fully saturated rings. The molecule has 1 amide bonds. The summed E-state index contributed by atoms with van der Waals surface area (Å²) >= 11 is 6.05. The quantitative estimate of drug-likeness (QED) is 0.503. The van der Waals surface area contributed by atoms with Gasteiger partial charge < -0.3 is 4.74 Å². The minimum Gasteiger partial charge on any atom is -0.497 e. The van der Waals surface area contributed by atoms with E-state index in [1.54, 1.807) is 48.5 Å². The molecule has 0 unspecified atom stereocenters. The molecule has 0 bridgehead atoms. The molecule has 0 saturated heterocycles. The van der Waals surface area contributed by atoms with Crippen LogP contribution in [0, 0.1) is 18.3 Å². The van der Waals surface area contributed by atoms with Gasteiger partial charge in [0, 0.05) is 16.1 Å². The fraction of sp³-hybridized carbons (Fsp3) is 0.0952. The number of benzene rings is 2. The Kier molecular flexibility index (Phi) is 6.25. The van der Waals surface area contributed by atoms with Gasteiger partial charge in [0.1, 0.15) is 17.4 Å². The zero-order chi connectivity index (χ0) is 21.7. The Bertz CT molecular complexity index is 1230. The molecule has 9 heteroatoms. The highest BCUT2D eigenvalue weighted by molar-refractivity contribution is 6.33. The molecule has 1 heterocycles. The van der Waals surface area contributed by atoms with E-state index in [9.17, 15) is 14.9 Å². The number of nitrogens with one attached hydrogen (secondary N) is 1. The van der Waals surface area contributed by atoms with E-state index < -0.39 is 11.5 Å². The summed E-state index contributed by atoms with van der Waals surface area (Å²) in [6, 6.07) is 15.3. The van der Waals surface area contributed by atoms with Crippen molar-refractivity contribution in [2.24, 2.45) is 5.10 Å². The third-order valence-corrected chi connectivity index (χ3v) is 4.60. The highest BCUT2D eigenvalue weighted by Gasteiger charge is 2.20. The van der Waals surface area contributed by atoms with Crippen molar-refractivity contribution in [3.63, 3.8) is 0 Å². The van der Waals surface area contributed by atoms with E-state index in [-0.39, 0.29) is 16.8 Å². The Hall–Kier alpha value is -3.96. The number of aromatic nitrogens is 2. The molecule has 1 N–H and O–H groups in total. The molecule has 0 radical (unpaired) electrons. The number of carbonyl (C=O) groups is 1. The summed E-state index contributed by atoms with van der Waals surface area (Å²) in [5, 5.41) is 17.9. The predicted molar refractivity (Wildman–Crippen MR) is 112 cm³/mol. The summed E-state index contributed by atoms with van der Waals surface area (Å²) in [4.78, 5) is 25.3. The number of nitriles is 1. The van der Waals surface area contributed by atoms with Gasteiger partial charge in [-0.3, -0.25) is 9.59 Å². The lowest BCUT2D eigenvalue weighted by atomic mass is 10.1. The second-order valence-corrected chi connectivity index (χ2v) is 6.50. The van der Waals surface area contributed by atoms with Crippen LogP contribution < -0.4 is 15.7 Å². The summed E-state index contributed by atoms with van der Waals surface area (Å²) in [7, 11) is 1.52. The molecule has 0 aliphatic rings. The SMILES string of the molecule is COc1ccc(-n2nc(C(=O)N/N=C/c3ccccc3Cl)c(C)c(C#N)c2=O)cc1. The molecule has 1 aromatic heterocycles. The number of ether oxygens (including phenoxy) is 1. The van der Waals surface area contributed by atoms with Crippen molar-refractivity contribution >= 4 is 23.7 Å². The first-order valence-electron chi connectivity index (χ1n) is 8.72. The van der Waals surface area contributed by atoms with Crippen LogP contribution in [-0.2, 0) is 0 Å². The lowest BCUT2D eigenvalue weighted by molar-refractivity contribution is 0.0947. The van der Waals surface area contributed by atoms with Crippen molar-refractivity contribution in [3.05, 3.63) is 86.3 Å². The second kappa shape index (κ2) is 9.03. The van der Waals surface area contributed by atoms with Gasteiger partial charge in [-0.25, -0.2) is 5.43 Å². The van der Waals surface area contributed by atoms with Gasteiger partial charge in [0.15, 0.2) is 5.69 Å². The van der Waals surface area contributed by atoms with Crippen LogP contribution in [-0.4, -0.2) is 29.0 Å². The molecule has 3 rings (SSSR count). The van der Waals surface area contributed by atoms with E-state index in [1.165, 1.54) is 20.2 Å². The fourth-order valence-electron chi connectivity index (χ4n) is 2.64. The summed E-state index contributed by atoms with van der Waals surface area (Å²) in [5.74, 6) is -0.0825. The van der Waals surface area contributed by atoms with Crippen LogP contribution in [0.2, 0.25) is 5.02 Å². The Balaban J connectivity index is 1.97. The number of methoxy groups -OCH3 is 1. The second-order valence-electron chi connectivity index (χ2n) is 6.10. The molecule has 3 aromatic rings. The van der Waals surface area contributed by atoms with E-state index in [0.717, 1.165) is 4.68 Å². The highest BCUT2D eigenvalue weighted by atomic mass is 35.5. The Morgan fingerprint density at radius 2 is 1.97 bits per heavy atom. The molecule has 8 nitrogen and oxygen atoms in total. The smallest absolute Gasteiger partial charge is 0.292 e. The summed E-state index contributed by atoms with van der Waals surface area (Å²) in [6.45, 7) is 1.48. The Labute approximate surface area is 177 Å². The topological polar surface area (TPSA) is 109 Å². The van der Waals surface area contributed by atoms with Crippen molar-refractivity contribution in [3.8, 4) is 17.5 Å². The number of amides is 1. The summed E-state index contributed by atoms with van der Waals surface area (Å²) in [6.07, 6.45) is 1.39. The van der Waals surface area contributed by atoms with Crippen LogP contribution in [0.4, 0.5) is 0 Å². The van der Waals surface area contributed by atoms with Gasteiger partial charge in [-0.15, -0.1) is 0 Å². The molecule has 0 spiro atoms. The van der Waals surface area contributed by atoms with Crippen LogP contribution in [0.5, 0.6) is 5.75 Å². The van der Waals surface area contributed by atoms with E-state index >= 15 is 0 Å². The van der Waals surface area contributed by atoms with Gasteiger partial charge in [0.2, 0.25) is 0 Å². The minimum absolute atomic E-state index is 0.0988. The average Bonchev–Trinajstić information content (AvgIpc) is 2.75. The van der Waals surface area contributed by atoms with Crippen molar-refractivity contribution < 1.29 is 9.53 Å². The normalized spacial score (nSPS) is 10.6. The van der Waals surface area contributed by atoms with Gasteiger partial charge in [-0.1, -0.05) is 29.8 Å². The Morgan fingerprint density at radius 1 is 1.27 bits per heavy atom. The molecule has 2 aromatic carbocycles. The van der Waals surface area contributed by atoms with Crippen molar-refractivity contribution in [1.29, 1.82) is 5.26 Å². The standard InChI is InChI=1S/C21H16ClN5O3/c1-13-17(11-23)21(29)27(15-7-9-16(30-2)10-8-15)26-19(13)20(28)25-24-12-14-5-3-4-6-18(14)22/h3-10,12H,1-2H3,(H,25,28)/b24-12+. The number of halogens is 1. The lowest BCUT2D eigenvalue weighted by Crippen LogP contribution is -2.31. The number of hydrogen-bond acceptors (Lipinski definition) is 6. The zero-order valence-electron chi connectivity index (χ0n) is 16.1. The number of rotatable bonds is 5. The fourth-order valence-corrected chi connectivity index (χ4v) is 2.83. The summed E-state index contributed by atoms with van der Waals surface area (Å²) < 4.78 is 6.10. The third-order valence-electron chi connectivity index (χ3n) is 4.26. The Morgan fingerprint density at radius 3 is 2.60 bits per heavy atom. The zero-order valence-corrected chi connectivity index (χ0v) is 16.8.